The van der Waals surface area contributed by atoms with Crippen LogP contribution in [0.25, 0.3) is 6.08 Å². The summed E-state index contributed by atoms with van der Waals surface area (Å²) in [5.41, 5.74) is 0.170. The molecule has 3 aromatic carbocycles. The number of fused-ring (bicyclic) bond motifs is 5. The predicted octanol–water partition coefficient (Wildman–Crippen LogP) is 5.63. The molecule has 3 aromatic rings. The van der Waals surface area contributed by atoms with Gasteiger partial charge in [-0.25, -0.2) is 4.90 Å². The van der Waals surface area contributed by atoms with Gasteiger partial charge >= 0.3 is 6.18 Å². The second-order valence-electron chi connectivity index (χ2n) is 9.21. The van der Waals surface area contributed by atoms with Gasteiger partial charge in [0.25, 0.3) is 0 Å². The second kappa shape index (κ2) is 8.31. The van der Waals surface area contributed by atoms with E-state index in [1.54, 1.807) is 35.2 Å². The first kappa shape index (κ1) is 23.5. The minimum atomic E-state index is -4.77. The molecule has 0 bridgehead atoms. The molecule has 6 rings (SSSR count). The van der Waals surface area contributed by atoms with Crippen molar-refractivity contribution in [3.05, 3.63) is 101 Å². The lowest BCUT2D eigenvalue weighted by atomic mass is 9.86. The molecule has 3 heterocycles. The van der Waals surface area contributed by atoms with E-state index in [1.165, 1.54) is 24.3 Å². The molecule has 4 unspecified atom stereocenters. The number of hydrogen-bond donors (Lipinski definition) is 0. The number of alkyl halides is 3. The molecule has 0 radical (unpaired) electrons. The van der Waals surface area contributed by atoms with Crippen LogP contribution in [0.2, 0.25) is 5.02 Å². The highest BCUT2D eigenvalue weighted by molar-refractivity contribution is 6.30. The number of imide groups is 1. The first-order valence-electron chi connectivity index (χ1n) is 11.6. The quantitative estimate of drug-likeness (QED) is 0.330. The third-order valence-corrected chi connectivity index (χ3v) is 7.51. The van der Waals surface area contributed by atoms with Crippen molar-refractivity contribution in [2.24, 2.45) is 11.8 Å². The van der Waals surface area contributed by atoms with Gasteiger partial charge in [0.15, 0.2) is 5.78 Å². The number of amides is 2. The number of carbonyl (C=O) groups excluding carboxylic acids is 3. The Morgan fingerprint density at radius 3 is 2.14 bits per heavy atom. The average Bonchev–Trinajstić information content (AvgIpc) is 3.36. The molecule has 37 heavy (non-hydrogen) atoms. The fraction of sp³-hybridized carbons (Fsp3) is 0.179. The third-order valence-electron chi connectivity index (χ3n) is 7.26. The molecule has 0 N–H and O–H groups in total. The lowest BCUT2D eigenvalue weighted by Crippen LogP contribution is -2.49. The van der Waals surface area contributed by atoms with Crippen LogP contribution in [0, 0.1) is 11.8 Å². The number of para-hydroxylation sites is 2. The van der Waals surface area contributed by atoms with E-state index < -0.39 is 58.9 Å². The number of hydrogen-bond acceptors (Lipinski definition) is 4. The zero-order valence-electron chi connectivity index (χ0n) is 19.0. The Labute approximate surface area is 214 Å². The van der Waals surface area contributed by atoms with Crippen molar-refractivity contribution in [3.63, 3.8) is 0 Å². The van der Waals surface area contributed by atoms with Crippen LogP contribution in [0.1, 0.15) is 21.5 Å². The highest BCUT2D eigenvalue weighted by Crippen LogP contribution is 2.51. The van der Waals surface area contributed by atoms with Crippen LogP contribution in [0.5, 0.6) is 0 Å². The zero-order valence-corrected chi connectivity index (χ0v) is 19.8. The number of nitrogens with zero attached hydrogens (tertiary/aromatic N) is 2. The van der Waals surface area contributed by atoms with Gasteiger partial charge in [-0.3, -0.25) is 14.4 Å². The number of Topliss-reactive ketones (excluding diaryl/α,β-unsaturated/α-hetero) is 1. The standard InChI is InChI=1S/C28H18ClF3N2O3/c29-17-12-9-16(10-13-17)25(35)24-23-22(21-14-11-15-5-1-3-7-19(15)33(21)24)26(36)34(27(23)37)20-8-4-2-6-18(20)28(30,31)32/h1-14,21-24H. The maximum atomic E-state index is 13.9. The van der Waals surface area contributed by atoms with E-state index in [0.29, 0.717) is 15.6 Å². The molecular formula is C28H18ClF3N2O3. The molecule has 3 aliphatic heterocycles. The number of ketones is 1. The van der Waals surface area contributed by atoms with E-state index in [2.05, 4.69) is 0 Å². The molecule has 2 fully saturated rings. The number of halogens is 4. The van der Waals surface area contributed by atoms with Gasteiger partial charge in [-0.05, 0) is 48.0 Å². The van der Waals surface area contributed by atoms with Gasteiger partial charge in [-0.2, -0.15) is 13.2 Å². The topological polar surface area (TPSA) is 57.7 Å². The molecule has 0 spiro atoms. The highest BCUT2D eigenvalue weighted by Gasteiger charge is 2.64. The highest BCUT2D eigenvalue weighted by atomic mass is 35.5. The summed E-state index contributed by atoms with van der Waals surface area (Å²) in [6.07, 6.45) is -1.21. The molecule has 9 heteroatoms. The summed E-state index contributed by atoms with van der Waals surface area (Å²) < 4.78 is 41.4. The summed E-state index contributed by atoms with van der Waals surface area (Å²) in [5, 5.41) is 0.423. The molecule has 186 valence electrons. The van der Waals surface area contributed by atoms with Crippen LogP contribution in [-0.2, 0) is 15.8 Å². The largest absolute Gasteiger partial charge is 0.418 e. The van der Waals surface area contributed by atoms with Crippen LogP contribution in [0.4, 0.5) is 24.5 Å². The molecule has 5 nitrogen and oxygen atoms in total. The number of anilines is 2. The Morgan fingerprint density at radius 1 is 0.811 bits per heavy atom. The third kappa shape index (κ3) is 3.50. The summed E-state index contributed by atoms with van der Waals surface area (Å²) in [5.74, 6) is -4.18. The molecule has 3 aliphatic rings. The Morgan fingerprint density at radius 2 is 1.43 bits per heavy atom. The Hall–Kier alpha value is -3.91. The smallest absolute Gasteiger partial charge is 0.352 e. The fourth-order valence-corrected chi connectivity index (χ4v) is 5.87. The van der Waals surface area contributed by atoms with Gasteiger partial charge in [0.2, 0.25) is 11.8 Å². The minimum absolute atomic E-state index is 0.287. The number of carbonyl (C=O) groups is 3. The van der Waals surface area contributed by atoms with Crippen LogP contribution in [0.15, 0.2) is 78.9 Å². The summed E-state index contributed by atoms with van der Waals surface area (Å²) in [7, 11) is 0. The molecule has 2 amide bonds. The van der Waals surface area contributed by atoms with Crippen LogP contribution in [0.3, 0.4) is 0 Å². The molecular weight excluding hydrogens is 505 g/mol. The lowest BCUT2D eigenvalue weighted by molar-refractivity contribution is -0.137. The van der Waals surface area contributed by atoms with E-state index in [-0.39, 0.29) is 5.56 Å². The van der Waals surface area contributed by atoms with Crippen molar-refractivity contribution in [2.75, 3.05) is 9.80 Å². The van der Waals surface area contributed by atoms with Gasteiger partial charge < -0.3 is 4.90 Å². The summed E-state index contributed by atoms with van der Waals surface area (Å²) in [4.78, 5) is 43.9. The first-order chi connectivity index (χ1) is 17.7. The summed E-state index contributed by atoms with van der Waals surface area (Å²) in [6.45, 7) is 0. The van der Waals surface area contributed by atoms with Gasteiger partial charge in [0.1, 0.15) is 6.04 Å². The normalized spacial score (nSPS) is 24.2. The van der Waals surface area contributed by atoms with Crippen molar-refractivity contribution in [1.82, 2.24) is 0 Å². The van der Waals surface area contributed by atoms with Crippen LogP contribution < -0.4 is 9.80 Å². The zero-order chi connectivity index (χ0) is 26.1. The van der Waals surface area contributed by atoms with Gasteiger partial charge in [0, 0.05) is 16.3 Å². The molecule has 4 atom stereocenters. The van der Waals surface area contributed by atoms with E-state index in [0.717, 1.165) is 17.7 Å². The Kier molecular flexibility index (Phi) is 5.28. The predicted molar refractivity (Wildman–Crippen MR) is 132 cm³/mol. The molecule has 2 saturated heterocycles. The maximum absolute atomic E-state index is 13.9. The van der Waals surface area contributed by atoms with E-state index >= 15 is 0 Å². The van der Waals surface area contributed by atoms with Gasteiger partial charge in [0.05, 0.1) is 29.1 Å². The van der Waals surface area contributed by atoms with Crippen LogP contribution >= 0.6 is 11.6 Å². The van der Waals surface area contributed by atoms with Gasteiger partial charge in [-0.1, -0.05) is 54.1 Å². The number of benzene rings is 3. The summed E-state index contributed by atoms with van der Waals surface area (Å²) in [6, 6.07) is 16.2. The van der Waals surface area contributed by atoms with E-state index in [9.17, 15) is 27.6 Å². The monoisotopic (exact) mass is 522 g/mol. The number of rotatable bonds is 3. The van der Waals surface area contributed by atoms with E-state index in [4.69, 9.17) is 11.6 Å². The van der Waals surface area contributed by atoms with Crippen molar-refractivity contribution < 1.29 is 27.6 Å². The first-order valence-corrected chi connectivity index (χ1v) is 12.0. The van der Waals surface area contributed by atoms with Crippen molar-refractivity contribution in [1.29, 1.82) is 0 Å². The lowest BCUT2D eigenvalue weighted by Gasteiger charge is -2.36. The van der Waals surface area contributed by atoms with Gasteiger partial charge in [-0.15, -0.1) is 0 Å². The molecule has 0 aromatic heterocycles. The van der Waals surface area contributed by atoms with Crippen molar-refractivity contribution in [3.8, 4) is 0 Å². The molecule has 0 aliphatic carbocycles. The second-order valence-corrected chi connectivity index (χ2v) is 9.65. The fourth-order valence-electron chi connectivity index (χ4n) is 5.74. The van der Waals surface area contributed by atoms with Crippen molar-refractivity contribution in [2.45, 2.75) is 18.3 Å². The molecule has 0 saturated carbocycles. The maximum Gasteiger partial charge on any atom is 0.418 e. The SMILES string of the molecule is O=C(c1ccc(Cl)cc1)C1C2C(=O)N(c3ccccc3C(F)(F)F)C(=O)C2C2C=Cc3ccccc3N21. The average molecular weight is 523 g/mol. The van der Waals surface area contributed by atoms with E-state index in [1.807, 2.05) is 18.2 Å². The Balaban J connectivity index is 1.51. The van der Waals surface area contributed by atoms with Crippen molar-refractivity contribution >= 4 is 46.6 Å². The minimum Gasteiger partial charge on any atom is -0.352 e. The Bertz CT molecular complexity index is 1480. The summed E-state index contributed by atoms with van der Waals surface area (Å²) >= 11 is 6.00. The van der Waals surface area contributed by atoms with Crippen LogP contribution in [-0.4, -0.2) is 29.7 Å².